The fraction of sp³-hybridized carbons (Fsp3) is 0.438. The van der Waals surface area contributed by atoms with Crippen LogP contribution < -0.4 is 0 Å². The third kappa shape index (κ3) is 2.81. The summed E-state index contributed by atoms with van der Waals surface area (Å²) in [4.78, 5) is 25.3. The number of aromatic nitrogens is 2. The molecule has 2 unspecified atom stereocenters. The van der Waals surface area contributed by atoms with Crippen molar-refractivity contribution in [2.75, 3.05) is 6.54 Å². The summed E-state index contributed by atoms with van der Waals surface area (Å²) < 4.78 is 1.63. The molecule has 1 fully saturated rings. The summed E-state index contributed by atoms with van der Waals surface area (Å²) in [7, 11) is 0. The number of fused-ring (bicyclic) bond motifs is 1. The molecule has 116 valence electrons. The monoisotopic (exact) mass is 301 g/mol. The number of carbonyl (C=O) groups excluding carboxylic acids is 1. The van der Waals surface area contributed by atoms with E-state index in [1.54, 1.807) is 9.58 Å². The lowest BCUT2D eigenvalue weighted by molar-refractivity contribution is -0.147. The van der Waals surface area contributed by atoms with Crippen LogP contribution in [0.3, 0.4) is 0 Å². The average molecular weight is 301 g/mol. The number of likely N-dealkylation sites (tertiary alicyclic amines) is 1. The Morgan fingerprint density at radius 3 is 2.82 bits per heavy atom. The van der Waals surface area contributed by atoms with E-state index in [4.69, 9.17) is 5.11 Å². The number of hydrogen-bond donors (Lipinski definition) is 1. The SMILES string of the molecule is CC1CCC(C(=O)O)CN1C(=O)Cn1cc2ccccc2n1. The highest BCUT2D eigenvalue weighted by atomic mass is 16.4. The van der Waals surface area contributed by atoms with Gasteiger partial charge in [-0.1, -0.05) is 18.2 Å². The van der Waals surface area contributed by atoms with Gasteiger partial charge in [0.15, 0.2) is 0 Å². The van der Waals surface area contributed by atoms with Gasteiger partial charge in [-0.3, -0.25) is 14.3 Å². The molecule has 1 N–H and O–H groups in total. The van der Waals surface area contributed by atoms with Crippen LogP contribution in [0.2, 0.25) is 0 Å². The normalized spacial score (nSPS) is 22.0. The van der Waals surface area contributed by atoms with Gasteiger partial charge in [-0.15, -0.1) is 0 Å². The van der Waals surface area contributed by atoms with Crippen LogP contribution in [0.5, 0.6) is 0 Å². The molecule has 0 spiro atoms. The standard InChI is InChI=1S/C16H19N3O3/c1-11-6-7-13(16(21)22)9-19(11)15(20)10-18-8-12-4-2-3-5-14(12)17-18/h2-5,8,11,13H,6-7,9-10H2,1H3,(H,21,22). The first-order chi connectivity index (χ1) is 10.5. The number of carbonyl (C=O) groups is 2. The molecule has 1 aromatic carbocycles. The molecule has 0 saturated carbocycles. The minimum Gasteiger partial charge on any atom is -0.481 e. The highest BCUT2D eigenvalue weighted by Gasteiger charge is 2.32. The van der Waals surface area contributed by atoms with Crippen LogP contribution in [0.25, 0.3) is 10.9 Å². The predicted molar refractivity (Wildman–Crippen MR) is 81.3 cm³/mol. The number of benzene rings is 1. The quantitative estimate of drug-likeness (QED) is 0.937. The Balaban J connectivity index is 1.73. The third-order valence-electron chi connectivity index (χ3n) is 4.31. The summed E-state index contributed by atoms with van der Waals surface area (Å²) >= 11 is 0. The lowest BCUT2D eigenvalue weighted by atomic mass is 9.93. The van der Waals surface area contributed by atoms with Gasteiger partial charge in [0.25, 0.3) is 0 Å². The zero-order valence-corrected chi connectivity index (χ0v) is 12.5. The zero-order chi connectivity index (χ0) is 15.7. The second-order valence-electron chi connectivity index (χ2n) is 5.89. The Kier molecular flexibility index (Phi) is 3.83. The molecule has 2 heterocycles. The van der Waals surface area contributed by atoms with Crippen molar-refractivity contribution in [3.05, 3.63) is 30.5 Å². The first-order valence-electron chi connectivity index (χ1n) is 7.49. The molecule has 3 rings (SSSR count). The molecule has 1 saturated heterocycles. The van der Waals surface area contributed by atoms with E-state index >= 15 is 0 Å². The Bertz CT molecular complexity index is 676. The minimum absolute atomic E-state index is 0.0769. The van der Waals surface area contributed by atoms with Gasteiger partial charge < -0.3 is 10.0 Å². The van der Waals surface area contributed by atoms with E-state index in [1.165, 1.54) is 0 Å². The second-order valence-corrected chi connectivity index (χ2v) is 5.89. The van der Waals surface area contributed by atoms with Crippen molar-refractivity contribution >= 4 is 22.8 Å². The third-order valence-corrected chi connectivity index (χ3v) is 4.31. The summed E-state index contributed by atoms with van der Waals surface area (Å²) in [5.41, 5.74) is 0.852. The van der Waals surface area contributed by atoms with Crippen molar-refractivity contribution in [3.63, 3.8) is 0 Å². The lowest BCUT2D eigenvalue weighted by Crippen LogP contribution is -2.48. The molecule has 1 aliphatic heterocycles. The highest BCUT2D eigenvalue weighted by molar-refractivity contribution is 5.80. The van der Waals surface area contributed by atoms with E-state index in [2.05, 4.69) is 5.10 Å². The number of aliphatic carboxylic acids is 1. The van der Waals surface area contributed by atoms with E-state index in [-0.39, 0.29) is 25.0 Å². The molecule has 1 aromatic heterocycles. The molecule has 2 atom stereocenters. The van der Waals surface area contributed by atoms with Crippen LogP contribution in [0.4, 0.5) is 0 Å². The number of carboxylic acid groups (broad SMARTS) is 1. The number of nitrogens with zero attached hydrogens (tertiary/aromatic N) is 3. The van der Waals surface area contributed by atoms with E-state index in [9.17, 15) is 9.59 Å². The fourth-order valence-electron chi connectivity index (χ4n) is 2.98. The maximum absolute atomic E-state index is 12.5. The summed E-state index contributed by atoms with van der Waals surface area (Å²) in [5, 5.41) is 14.5. The molecule has 0 bridgehead atoms. The Hall–Kier alpha value is -2.37. The fourth-order valence-corrected chi connectivity index (χ4v) is 2.98. The van der Waals surface area contributed by atoms with Gasteiger partial charge in [-0.2, -0.15) is 5.10 Å². The lowest BCUT2D eigenvalue weighted by Gasteiger charge is -2.36. The van der Waals surface area contributed by atoms with Crippen molar-refractivity contribution in [2.24, 2.45) is 5.92 Å². The highest BCUT2D eigenvalue weighted by Crippen LogP contribution is 2.22. The average Bonchev–Trinajstić information content (AvgIpc) is 2.89. The number of amides is 1. The molecular formula is C16H19N3O3. The zero-order valence-electron chi connectivity index (χ0n) is 12.5. The molecule has 0 aliphatic carbocycles. The largest absolute Gasteiger partial charge is 0.481 e. The Morgan fingerprint density at radius 2 is 2.09 bits per heavy atom. The number of hydrogen-bond acceptors (Lipinski definition) is 3. The Morgan fingerprint density at radius 1 is 1.32 bits per heavy atom. The molecule has 1 aliphatic rings. The van der Waals surface area contributed by atoms with E-state index in [0.29, 0.717) is 6.42 Å². The number of carboxylic acids is 1. The molecule has 6 heteroatoms. The van der Waals surface area contributed by atoms with Crippen LogP contribution in [0, 0.1) is 5.92 Å². The Labute approximate surface area is 128 Å². The van der Waals surface area contributed by atoms with E-state index in [1.807, 2.05) is 37.4 Å². The van der Waals surface area contributed by atoms with Crippen molar-refractivity contribution in [1.82, 2.24) is 14.7 Å². The van der Waals surface area contributed by atoms with E-state index in [0.717, 1.165) is 17.3 Å². The van der Waals surface area contributed by atoms with E-state index < -0.39 is 11.9 Å². The number of piperidine rings is 1. The summed E-state index contributed by atoms with van der Waals surface area (Å²) in [6.45, 7) is 2.40. The van der Waals surface area contributed by atoms with Crippen molar-refractivity contribution in [2.45, 2.75) is 32.4 Å². The summed E-state index contributed by atoms with van der Waals surface area (Å²) in [6, 6.07) is 7.77. The van der Waals surface area contributed by atoms with Gasteiger partial charge in [0, 0.05) is 24.2 Å². The van der Waals surface area contributed by atoms with Crippen LogP contribution in [-0.4, -0.2) is 44.3 Å². The molecular weight excluding hydrogens is 282 g/mol. The van der Waals surface area contributed by atoms with Crippen LogP contribution in [-0.2, 0) is 16.1 Å². The van der Waals surface area contributed by atoms with Gasteiger partial charge in [0.1, 0.15) is 6.54 Å². The van der Waals surface area contributed by atoms with Crippen LogP contribution in [0.15, 0.2) is 30.5 Å². The maximum atomic E-state index is 12.5. The summed E-state index contributed by atoms with van der Waals surface area (Å²) in [5.74, 6) is -1.36. The second kappa shape index (κ2) is 5.79. The van der Waals surface area contributed by atoms with Gasteiger partial charge in [0.05, 0.1) is 11.4 Å². The molecule has 22 heavy (non-hydrogen) atoms. The predicted octanol–water partition coefficient (Wildman–Crippen LogP) is 1.75. The van der Waals surface area contributed by atoms with Gasteiger partial charge >= 0.3 is 5.97 Å². The van der Waals surface area contributed by atoms with Gasteiger partial charge in [0.2, 0.25) is 5.91 Å². The molecule has 0 radical (unpaired) electrons. The molecule has 6 nitrogen and oxygen atoms in total. The van der Waals surface area contributed by atoms with Crippen molar-refractivity contribution in [1.29, 1.82) is 0 Å². The van der Waals surface area contributed by atoms with Crippen LogP contribution >= 0.6 is 0 Å². The minimum atomic E-state index is -0.825. The van der Waals surface area contributed by atoms with Crippen molar-refractivity contribution < 1.29 is 14.7 Å². The number of rotatable bonds is 3. The topological polar surface area (TPSA) is 75.4 Å². The maximum Gasteiger partial charge on any atom is 0.308 e. The first kappa shape index (κ1) is 14.6. The smallest absolute Gasteiger partial charge is 0.308 e. The van der Waals surface area contributed by atoms with Crippen LogP contribution in [0.1, 0.15) is 19.8 Å². The van der Waals surface area contributed by atoms with Gasteiger partial charge in [-0.25, -0.2) is 0 Å². The van der Waals surface area contributed by atoms with Gasteiger partial charge in [-0.05, 0) is 25.8 Å². The molecule has 2 aromatic rings. The molecule has 1 amide bonds. The first-order valence-corrected chi connectivity index (χ1v) is 7.49. The summed E-state index contributed by atoms with van der Waals surface area (Å²) in [6.07, 6.45) is 3.20. The van der Waals surface area contributed by atoms with Crippen molar-refractivity contribution in [3.8, 4) is 0 Å².